The van der Waals surface area contributed by atoms with Crippen LogP contribution in [0.2, 0.25) is 0 Å². The Bertz CT molecular complexity index is 326. The zero-order valence-electron chi connectivity index (χ0n) is 12.1. The number of nitrogens with zero attached hydrogens (tertiary/aromatic N) is 1. The highest BCUT2D eigenvalue weighted by atomic mass is 16.5. The molecule has 1 saturated heterocycles. The molecule has 2 fully saturated rings. The van der Waals surface area contributed by atoms with Gasteiger partial charge in [0, 0.05) is 32.0 Å². The fourth-order valence-electron chi connectivity index (χ4n) is 3.32. The predicted molar refractivity (Wildman–Crippen MR) is 72.7 cm³/mol. The van der Waals surface area contributed by atoms with Crippen LogP contribution in [0.5, 0.6) is 0 Å². The number of Topliss-reactive ketones (excluding diaryl/α,β-unsaturated/α-hetero) is 1. The van der Waals surface area contributed by atoms with Gasteiger partial charge in [0.1, 0.15) is 5.78 Å². The van der Waals surface area contributed by atoms with E-state index in [1.165, 1.54) is 0 Å². The summed E-state index contributed by atoms with van der Waals surface area (Å²) in [6, 6.07) is 0. The van der Waals surface area contributed by atoms with E-state index in [2.05, 4.69) is 0 Å². The Hall–Kier alpha value is -0.900. The number of ether oxygens (including phenoxy) is 1. The molecule has 4 nitrogen and oxygen atoms in total. The van der Waals surface area contributed by atoms with Gasteiger partial charge < -0.3 is 9.64 Å². The Morgan fingerprint density at radius 2 is 1.47 bits per heavy atom. The first-order chi connectivity index (χ1) is 9.11. The van der Waals surface area contributed by atoms with E-state index in [1.807, 2.05) is 4.90 Å². The summed E-state index contributed by atoms with van der Waals surface area (Å²) in [7, 11) is 1.74. The zero-order valence-corrected chi connectivity index (χ0v) is 12.1. The topological polar surface area (TPSA) is 46.6 Å². The van der Waals surface area contributed by atoms with E-state index in [0.29, 0.717) is 12.0 Å². The van der Waals surface area contributed by atoms with Gasteiger partial charge in [-0.1, -0.05) is 0 Å². The Morgan fingerprint density at radius 3 is 1.95 bits per heavy atom. The molecule has 2 rings (SSSR count). The van der Waals surface area contributed by atoms with Crippen LogP contribution in [-0.4, -0.2) is 42.9 Å². The monoisotopic (exact) mass is 267 g/mol. The van der Waals surface area contributed by atoms with E-state index in [4.69, 9.17) is 4.74 Å². The van der Waals surface area contributed by atoms with Gasteiger partial charge in [0.2, 0.25) is 5.91 Å². The predicted octanol–water partition coefficient (Wildman–Crippen LogP) is 2.02. The van der Waals surface area contributed by atoms with Crippen molar-refractivity contribution in [2.24, 2.45) is 11.8 Å². The number of carbonyl (C=O) groups excluding carboxylic acids is 2. The number of methoxy groups -OCH3 is 1. The highest BCUT2D eigenvalue weighted by molar-refractivity contribution is 5.81. The minimum atomic E-state index is 0.148. The Morgan fingerprint density at radius 1 is 0.947 bits per heavy atom. The Balaban J connectivity index is 1.80. The number of rotatable bonds is 3. The molecule has 0 spiro atoms. The molecule has 1 heterocycles. The lowest BCUT2D eigenvalue weighted by atomic mass is 9.79. The van der Waals surface area contributed by atoms with E-state index in [0.717, 1.165) is 51.6 Å². The second kappa shape index (κ2) is 6.51. The summed E-state index contributed by atoms with van der Waals surface area (Å²) in [5, 5.41) is 0. The minimum absolute atomic E-state index is 0.148. The molecule has 108 valence electrons. The summed E-state index contributed by atoms with van der Waals surface area (Å²) >= 11 is 0. The summed E-state index contributed by atoms with van der Waals surface area (Å²) in [4.78, 5) is 25.8. The molecule has 1 aliphatic heterocycles. The molecule has 1 amide bonds. The summed E-state index contributed by atoms with van der Waals surface area (Å²) in [5.41, 5.74) is 0. The van der Waals surface area contributed by atoms with Crippen LogP contribution in [0.4, 0.5) is 0 Å². The third kappa shape index (κ3) is 3.56. The molecule has 0 aromatic rings. The summed E-state index contributed by atoms with van der Waals surface area (Å²) in [6.07, 6.45) is 5.76. The summed E-state index contributed by atoms with van der Waals surface area (Å²) in [5.74, 6) is 0.932. The first-order valence-electron chi connectivity index (χ1n) is 7.44. The number of piperidine rings is 1. The van der Waals surface area contributed by atoms with Crippen molar-refractivity contribution in [1.29, 1.82) is 0 Å². The van der Waals surface area contributed by atoms with Crippen LogP contribution < -0.4 is 0 Å². The molecule has 1 aliphatic carbocycles. The maximum atomic E-state index is 12.4. The van der Waals surface area contributed by atoms with Crippen molar-refractivity contribution in [1.82, 2.24) is 4.90 Å². The maximum Gasteiger partial charge on any atom is 0.225 e. The fraction of sp³-hybridized carbons (Fsp3) is 0.867. The van der Waals surface area contributed by atoms with E-state index in [1.54, 1.807) is 14.0 Å². The van der Waals surface area contributed by atoms with Gasteiger partial charge in [-0.15, -0.1) is 0 Å². The van der Waals surface area contributed by atoms with Gasteiger partial charge in [0.25, 0.3) is 0 Å². The number of carbonyl (C=O) groups is 2. The third-order valence-corrected chi connectivity index (χ3v) is 4.74. The van der Waals surface area contributed by atoms with Crippen molar-refractivity contribution in [2.45, 2.75) is 51.6 Å². The number of likely N-dealkylation sites (tertiary alicyclic amines) is 1. The van der Waals surface area contributed by atoms with Crippen LogP contribution in [-0.2, 0) is 14.3 Å². The summed E-state index contributed by atoms with van der Waals surface area (Å²) in [6.45, 7) is 3.32. The van der Waals surface area contributed by atoms with Crippen LogP contribution in [0, 0.1) is 11.8 Å². The van der Waals surface area contributed by atoms with Gasteiger partial charge in [-0.2, -0.15) is 0 Å². The van der Waals surface area contributed by atoms with Gasteiger partial charge in [0.05, 0.1) is 6.10 Å². The zero-order chi connectivity index (χ0) is 13.8. The molecule has 1 saturated carbocycles. The largest absolute Gasteiger partial charge is 0.381 e. The summed E-state index contributed by atoms with van der Waals surface area (Å²) < 4.78 is 5.33. The smallest absolute Gasteiger partial charge is 0.225 e. The number of hydrogen-bond acceptors (Lipinski definition) is 3. The van der Waals surface area contributed by atoms with Gasteiger partial charge in [-0.25, -0.2) is 0 Å². The molecule has 19 heavy (non-hydrogen) atoms. The van der Waals surface area contributed by atoms with Crippen molar-refractivity contribution in [3.8, 4) is 0 Å². The lowest BCUT2D eigenvalue weighted by Gasteiger charge is -2.35. The van der Waals surface area contributed by atoms with Crippen molar-refractivity contribution in [3.63, 3.8) is 0 Å². The minimum Gasteiger partial charge on any atom is -0.381 e. The first-order valence-corrected chi connectivity index (χ1v) is 7.44. The fourth-order valence-corrected chi connectivity index (χ4v) is 3.32. The van der Waals surface area contributed by atoms with E-state index < -0.39 is 0 Å². The van der Waals surface area contributed by atoms with Crippen LogP contribution in [0.15, 0.2) is 0 Å². The third-order valence-electron chi connectivity index (χ3n) is 4.74. The van der Waals surface area contributed by atoms with Crippen LogP contribution in [0.25, 0.3) is 0 Å². The number of ketones is 1. The average Bonchev–Trinajstić information content (AvgIpc) is 2.46. The second-order valence-corrected chi connectivity index (χ2v) is 5.92. The molecular weight excluding hydrogens is 242 g/mol. The van der Waals surface area contributed by atoms with E-state index in [-0.39, 0.29) is 17.6 Å². The normalized spacial score (nSPS) is 29.3. The van der Waals surface area contributed by atoms with Gasteiger partial charge >= 0.3 is 0 Å². The van der Waals surface area contributed by atoms with Crippen molar-refractivity contribution in [3.05, 3.63) is 0 Å². The van der Waals surface area contributed by atoms with Gasteiger partial charge in [-0.3, -0.25) is 9.59 Å². The van der Waals surface area contributed by atoms with Crippen LogP contribution >= 0.6 is 0 Å². The molecular formula is C15H25NO3. The number of hydrogen-bond donors (Lipinski definition) is 0. The average molecular weight is 267 g/mol. The molecule has 4 heteroatoms. The molecule has 0 aromatic carbocycles. The maximum absolute atomic E-state index is 12.4. The molecule has 0 aromatic heterocycles. The van der Waals surface area contributed by atoms with Crippen molar-refractivity contribution < 1.29 is 14.3 Å². The van der Waals surface area contributed by atoms with Crippen LogP contribution in [0.1, 0.15) is 45.4 Å². The SMILES string of the molecule is COC1CCN(C(=O)[C@H]2CC[C@H](C(C)=O)CC2)CC1. The molecule has 0 radical (unpaired) electrons. The van der Waals surface area contributed by atoms with Crippen molar-refractivity contribution in [2.75, 3.05) is 20.2 Å². The van der Waals surface area contributed by atoms with Crippen molar-refractivity contribution >= 4 is 11.7 Å². The number of amides is 1. The van der Waals surface area contributed by atoms with Gasteiger partial charge in [0.15, 0.2) is 0 Å². The Labute approximate surface area is 115 Å². The van der Waals surface area contributed by atoms with E-state index >= 15 is 0 Å². The second-order valence-electron chi connectivity index (χ2n) is 5.92. The lowest BCUT2D eigenvalue weighted by molar-refractivity contribution is -0.140. The highest BCUT2D eigenvalue weighted by Gasteiger charge is 2.32. The van der Waals surface area contributed by atoms with Gasteiger partial charge in [-0.05, 0) is 45.4 Å². The van der Waals surface area contributed by atoms with Crippen LogP contribution in [0.3, 0.4) is 0 Å². The molecule has 0 atom stereocenters. The molecule has 0 N–H and O–H groups in total. The quantitative estimate of drug-likeness (QED) is 0.786. The lowest BCUT2D eigenvalue weighted by Crippen LogP contribution is -2.44. The molecule has 0 unspecified atom stereocenters. The standard InChI is InChI=1S/C15H25NO3/c1-11(17)12-3-5-13(6-4-12)15(18)16-9-7-14(19-2)8-10-16/h12-14H,3-10H2,1-2H3/t12-,13-. The Kier molecular flexibility index (Phi) is 4.97. The molecule has 0 bridgehead atoms. The highest BCUT2D eigenvalue weighted by Crippen LogP contribution is 2.31. The van der Waals surface area contributed by atoms with E-state index in [9.17, 15) is 9.59 Å². The first kappa shape index (κ1) is 14.5. The molecule has 2 aliphatic rings.